The van der Waals surface area contributed by atoms with E-state index in [1.54, 1.807) is 12.1 Å². The van der Waals surface area contributed by atoms with Gasteiger partial charge < -0.3 is 5.32 Å². The van der Waals surface area contributed by atoms with Crippen LogP contribution in [0.5, 0.6) is 0 Å². The molecule has 1 aliphatic heterocycles. The van der Waals surface area contributed by atoms with E-state index in [2.05, 4.69) is 11.4 Å². The van der Waals surface area contributed by atoms with Crippen LogP contribution in [0.2, 0.25) is 0 Å². The Kier molecular flexibility index (Phi) is 5.67. The van der Waals surface area contributed by atoms with Gasteiger partial charge in [0.1, 0.15) is 0 Å². The maximum absolute atomic E-state index is 12.6. The number of nitrogens with one attached hydrogen (secondary N) is 1. The summed E-state index contributed by atoms with van der Waals surface area (Å²) in [6.45, 7) is 7.15. The van der Waals surface area contributed by atoms with Gasteiger partial charge in [0.25, 0.3) is 5.91 Å². The molecule has 1 N–H and O–H groups in total. The Bertz CT molecular complexity index is 930. The van der Waals surface area contributed by atoms with Gasteiger partial charge in [-0.25, -0.2) is 8.42 Å². The Balaban J connectivity index is 1.72. The minimum absolute atomic E-state index is 0.133. The first-order valence-corrected chi connectivity index (χ1v) is 10.7. The van der Waals surface area contributed by atoms with Gasteiger partial charge in [0.15, 0.2) is 0 Å². The van der Waals surface area contributed by atoms with E-state index in [-0.39, 0.29) is 16.8 Å². The van der Waals surface area contributed by atoms with Gasteiger partial charge >= 0.3 is 0 Å². The van der Waals surface area contributed by atoms with Crippen molar-refractivity contribution in [1.82, 2.24) is 9.62 Å². The number of nitrogens with zero attached hydrogens (tertiary/aromatic N) is 1. The second kappa shape index (κ2) is 7.82. The van der Waals surface area contributed by atoms with Crippen LogP contribution in [-0.4, -0.2) is 31.7 Å². The lowest BCUT2D eigenvalue weighted by Crippen LogP contribution is -2.28. The third-order valence-electron chi connectivity index (χ3n) is 5.06. The molecule has 1 saturated heterocycles. The molecule has 0 spiro atoms. The molecule has 0 aliphatic carbocycles. The molecule has 0 saturated carbocycles. The Labute approximate surface area is 161 Å². The number of aryl methyl sites for hydroxylation is 2. The number of sulfonamides is 1. The monoisotopic (exact) mass is 386 g/mol. The number of hydrogen-bond donors (Lipinski definition) is 1. The van der Waals surface area contributed by atoms with Crippen molar-refractivity contribution in [2.45, 2.75) is 44.6 Å². The van der Waals surface area contributed by atoms with Gasteiger partial charge in [0.05, 0.1) is 10.9 Å². The summed E-state index contributed by atoms with van der Waals surface area (Å²) in [4.78, 5) is 12.8. The summed E-state index contributed by atoms with van der Waals surface area (Å²) in [6, 6.07) is 12.2. The predicted octanol–water partition coefficient (Wildman–Crippen LogP) is 3.58. The van der Waals surface area contributed by atoms with E-state index in [1.807, 2.05) is 32.9 Å². The van der Waals surface area contributed by atoms with Crippen molar-refractivity contribution < 1.29 is 13.2 Å². The van der Waals surface area contributed by atoms with Crippen LogP contribution in [0, 0.1) is 13.8 Å². The molecule has 6 heteroatoms. The summed E-state index contributed by atoms with van der Waals surface area (Å²) < 4.78 is 26.6. The molecule has 0 aromatic heterocycles. The zero-order chi connectivity index (χ0) is 19.6. The van der Waals surface area contributed by atoms with Gasteiger partial charge in [-0.15, -0.1) is 0 Å². The lowest BCUT2D eigenvalue weighted by molar-refractivity contribution is 0.0939. The number of rotatable bonds is 5. The van der Waals surface area contributed by atoms with Crippen molar-refractivity contribution in [2.24, 2.45) is 0 Å². The molecule has 3 rings (SSSR count). The Morgan fingerprint density at radius 1 is 1.04 bits per heavy atom. The zero-order valence-electron chi connectivity index (χ0n) is 16.0. The van der Waals surface area contributed by atoms with Crippen molar-refractivity contribution in [3.8, 4) is 0 Å². The van der Waals surface area contributed by atoms with Crippen LogP contribution < -0.4 is 5.32 Å². The van der Waals surface area contributed by atoms with E-state index in [9.17, 15) is 13.2 Å². The molecule has 2 aromatic carbocycles. The average molecular weight is 387 g/mol. The van der Waals surface area contributed by atoms with Gasteiger partial charge in [0, 0.05) is 18.7 Å². The second-order valence-electron chi connectivity index (χ2n) is 7.19. The van der Waals surface area contributed by atoms with Crippen LogP contribution in [0.1, 0.15) is 52.9 Å². The molecule has 1 amide bonds. The summed E-state index contributed by atoms with van der Waals surface area (Å²) in [5.41, 5.74) is 3.84. The molecule has 0 radical (unpaired) electrons. The van der Waals surface area contributed by atoms with Crippen LogP contribution in [0.4, 0.5) is 0 Å². The largest absolute Gasteiger partial charge is 0.346 e. The lowest BCUT2D eigenvalue weighted by Gasteiger charge is -2.18. The molecular weight excluding hydrogens is 360 g/mol. The lowest BCUT2D eigenvalue weighted by atomic mass is 10.00. The molecule has 1 heterocycles. The molecule has 1 fully saturated rings. The summed E-state index contributed by atoms with van der Waals surface area (Å²) in [5.74, 6) is -0.215. The number of amides is 1. The number of carbonyl (C=O) groups excluding carboxylic acids is 1. The molecule has 144 valence electrons. The first-order valence-electron chi connectivity index (χ1n) is 9.27. The first kappa shape index (κ1) is 19.6. The van der Waals surface area contributed by atoms with Crippen molar-refractivity contribution >= 4 is 15.9 Å². The fraction of sp³-hybridized carbons (Fsp3) is 0.381. The van der Waals surface area contributed by atoms with Gasteiger partial charge in [-0.2, -0.15) is 4.31 Å². The highest BCUT2D eigenvalue weighted by Gasteiger charge is 2.27. The first-order chi connectivity index (χ1) is 12.8. The molecule has 1 atom stereocenters. The minimum atomic E-state index is -3.46. The molecule has 27 heavy (non-hydrogen) atoms. The summed E-state index contributed by atoms with van der Waals surface area (Å²) in [5, 5.41) is 2.99. The fourth-order valence-corrected chi connectivity index (χ4v) is 5.04. The van der Waals surface area contributed by atoms with E-state index >= 15 is 0 Å². The van der Waals surface area contributed by atoms with E-state index in [1.165, 1.54) is 22.0 Å². The van der Waals surface area contributed by atoms with Gasteiger partial charge in [-0.05, 0) is 69.0 Å². The van der Waals surface area contributed by atoms with E-state index < -0.39 is 10.0 Å². The van der Waals surface area contributed by atoms with E-state index in [0.29, 0.717) is 18.7 Å². The highest BCUT2D eigenvalue weighted by molar-refractivity contribution is 7.89. The molecular formula is C21H26N2O3S. The maximum Gasteiger partial charge on any atom is 0.251 e. The quantitative estimate of drug-likeness (QED) is 0.854. The van der Waals surface area contributed by atoms with Crippen molar-refractivity contribution in [1.29, 1.82) is 0 Å². The van der Waals surface area contributed by atoms with Crippen LogP contribution in [0.3, 0.4) is 0 Å². The minimum Gasteiger partial charge on any atom is -0.346 e. The number of benzene rings is 2. The SMILES string of the molecule is Cc1ccc([C@H](C)NC(=O)c2ccc(S(=O)(=O)N3CCCC3)cc2)c(C)c1. The number of hydrogen-bond acceptors (Lipinski definition) is 3. The van der Waals surface area contributed by atoms with Crippen molar-refractivity contribution in [3.05, 3.63) is 64.7 Å². The van der Waals surface area contributed by atoms with Crippen LogP contribution in [0.15, 0.2) is 47.4 Å². The Morgan fingerprint density at radius 2 is 1.67 bits per heavy atom. The summed E-state index contributed by atoms with van der Waals surface area (Å²) in [6.07, 6.45) is 1.80. The zero-order valence-corrected chi connectivity index (χ0v) is 16.8. The molecule has 0 unspecified atom stereocenters. The van der Waals surface area contributed by atoms with E-state index in [4.69, 9.17) is 0 Å². The molecule has 2 aromatic rings. The van der Waals surface area contributed by atoms with Gasteiger partial charge in [-0.3, -0.25) is 4.79 Å². The number of carbonyl (C=O) groups is 1. The Morgan fingerprint density at radius 3 is 2.26 bits per heavy atom. The Hall–Kier alpha value is -2.18. The van der Waals surface area contributed by atoms with Crippen LogP contribution in [-0.2, 0) is 10.0 Å². The topological polar surface area (TPSA) is 66.5 Å². The van der Waals surface area contributed by atoms with Crippen molar-refractivity contribution in [3.63, 3.8) is 0 Å². The molecule has 0 bridgehead atoms. The molecule has 1 aliphatic rings. The predicted molar refractivity (Wildman–Crippen MR) is 106 cm³/mol. The highest BCUT2D eigenvalue weighted by atomic mass is 32.2. The van der Waals surface area contributed by atoms with Gasteiger partial charge in [-0.1, -0.05) is 23.8 Å². The van der Waals surface area contributed by atoms with Crippen molar-refractivity contribution in [2.75, 3.05) is 13.1 Å². The van der Waals surface area contributed by atoms with Crippen LogP contribution >= 0.6 is 0 Å². The van der Waals surface area contributed by atoms with Gasteiger partial charge in [0.2, 0.25) is 10.0 Å². The standard InChI is InChI=1S/C21H26N2O3S/c1-15-6-11-20(16(2)14-15)17(3)22-21(24)18-7-9-19(10-8-18)27(25,26)23-12-4-5-13-23/h6-11,14,17H,4-5,12-13H2,1-3H3,(H,22,24)/t17-/m0/s1. The smallest absolute Gasteiger partial charge is 0.251 e. The average Bonchev–Trinajstić information content (AvgIpc) is 3.17. The third-order valence-corrected chi connectivity index (χ3v) is 6.97. The normalized spacial score (nSPS) is 16.3. The molecule has 5 nitrogen and oxygen atoms in total. The fourth-order valence-electron chi connectivity index (χ4n) is 3.53. The third kappa shape index (κ3) is 4.22. The van der Waals surface area contributed by atoms with Crippen LogP contribution in [0.25, 0.3) is 0 Å². The highest BCUT2D eigenvalue weighted by Crippen LogP contribution is 2.22. The summed E-state index contributed by atoms with van der Waals surface area (Å²) in [7, 11) is -3.46. The van der Waals surface area contributed by atoms with E-state index in [0.717, 1.165) is 24.0 Å². The second-order valence-corrected chi connectivity index (χ2v) is 9.13. The maximum atomic E-state index is 12.6. The summed E-state index contributed by atoms with van der Waals surface area (Å²) >= 11 is 0.